The number of aryl methyl sites for hydroxylation is 1. The third-order valence-corrected chi connectivity index (χ3v) is 5.82. The van der Waals surface area contributed by atoms with E-state index in [0.29, 0.717) is 29.5 Å². The third-order valence-electron chi connectivity index (χ3n) is 5.82. The molecule has 1 fully saturated rings. The second kappa shape index (κ2) is 8.10. The van der Waals surface area contributed by atoms with Crippen LogP contribution in [0.2, 0.25) is 0 Å². The van der Waals surface area contributed by atoms with Crippen LogP contribution in [0, 0.1) is 6.92 Å². The SMILES string of the molecule is CCN1CCCN(C(=O)Nc2n[nH]c3nc(C)ccc23)c2nc(C(=O)NC3CC3)ccc21. The summed E-state index contributed by atoms with van der Waals surface area (Å²) in [4.78, 5) is 38.7. The van der Waals surface area contributed by atoms with Gasteiger partial charge in [0, 0.05) is 31.4 Å². The smallest absolute Gasteiger partial charge is 0.328 e. The van der Waals surface area contributed by atoms with E-state index in [1.54, 1.807) is 11.0 Å². The number of hydrogen-bond donors (Lipinski definition) is 3. The second-order valence-electron chi connectivity index (χ2n) is 8.22. The van der Waals surface area contributed by atoms with E-state index in [-0.39, 0.29) is 18.0 Å². The second-order valence-corrected chi connectivity index (χ2v) is 8.22. The van der Waals surface area contributed by atoms with E-state index in [9.17, 15) is 9.59 Å². The number of urea groups is 1. The average Bonchev–Trinajstić information content (AvgIpc) is 3.55. The van der Waals surface area contributed by atoms with Gasteiger partial charge in [-0.1, -0.05) is 0 Å². The van der Waals surface area contributed by atoms with Crippen molar-refractivity contribution < 1.29 is 9.59 Å². The minimum absolute atomic E-state index is 0.206. The van der Waals surface area contributed by atoms with E-state index in [1.807, 2.05) is 25.1 Å². The molecular formula is C22H26N8O2. The van der Waals surface area contributed by atoms with Crippen LogP contribution in [0.4, 0.5) is 22.1 Å². The van der Waals surface area contributed by atoms with Gasteiger partial charge in [-0.3, -0.25) is 20.1 Å². The molecule has 0 saturated heterocycles. The van der Waals surface area contributed by atoms with Crippen LogP contribution in [0.25, 0.3) is 11.0 Å². The Bertz CT molecular complexity index is 1190. The number of amides is 3. The van der Waals surface area contributed by atoms with Crippen molar-refractivity contribution in [3.8, 4) is 0 Å². The normalized spacial score (nSPS) is 15.9. The number of anilines is 3. The van der Waals surface area contributed by atoms with E-state index >= 15 is 0 Å². The van der Waals surface area contributed by atoms with Crippen LogP contribution < -0.4 is 20.4 Å². The molecule has 0 atom stereocenters. The molecule has 1 aliphatic heterocycles. The Labute approximate surface area is 185 Å². The molecule has 10 nitrogen and oxygen atoms in total. The zero-order valence-corrected chi connectivity index (χ0v) is 18.2. The summed E-state index contributed by atoms with van der Waals surface area (Å²) in [7, 11) is 0. The first-order chi connectivity index (χ1) is 15.5. The fraction of sp³-hybridized carbons (Fsp3) is 0.409. The molecule has 4 heterocycles. The molecule has 5 rings (SSSR count). The molecule has 3 aromatic heterocycles. The van der Waals surface area contributed by atoms with Gasteiger partial charge in [-0.25, -0.2) is 14.8 Å². The van der Waals surface area contributed by atoms with Crippen LogP contribution in [-0.4, -0.2) is 57.8 Å². The summed E-state index contributed by atoms with van der Waals surface area (Å²) in [5, 5.41) is 13.7. The van der Waals surface area contributed by atoms with Crippen LogP contribution in [0.3, 0.4) is 0 Å². The van der Waals surface area contributed by atoms with E-state index < -0.39 is 0 Å². The first-order valence-electron chi connectivity index (χ1n) is 11.0. The summed E-state index contributed by atoms with van der Waals surface area (Å²) in [6.07, 6.45) is 2.78. The van der Waals surface area contributed by atoms with E-state index in [0.717, 1.165) is 49.1 Å². The number of carbonyl (C=O) groups excluding carboxylic acids is 2. The van der Waals surface area contributed by atoms with Crippen molar-refractivity contribution in [2.75, 3.05) is 34.8 Å². The molecule has 0 bridgehead atoms. The van der Waals surface area contributed by atoms with E-state index in [2.05, 4.69) is 42.6 Å². The van der Waals surface area contributed by atoms with Crippen molar-refractivity contribution in [1.82, 2.24) is 25.5 Å². The first-order valence-corrected chi connectivity index (χ1v) is 11.0. The van der Waals surface area contributed by atoms with Gasteiger partial charge in [-0.05, 0) is 57.4 Å². The van der Waals surface area contributed by atoms with Gasteiger partial charge in [0.1, 0.15) is 5.69 Å². The average molecular weight is 435 g/mol. The lowest BCUT2D eigenvalue weighted by atomic mass is 10.2. The maximum Gasteiger partial charge on any atom is 0.328 e. The zero-order valence-electron chi connectivity index (χ0n) is 18.2. The summed E-state index contributed by atoms with van der Waals surface area (Å²) in [5.41, 5.74) is 2.64. The molecule has 0 unspecified atom stereocenters. The van der Waals surface area contributed by atoms with E-state index in [4.69, 9.17) is 0 Å². The molecule has 10 heteroatoms. The summed E-state index contributed by atoms with van der Waals surface area (Å²) >= 11 is 0. The number of H-pyrrole nitrogens is 1. The van der Waals surface area contributed by atoms with Crippen molar-refractivity contribution >= 4 is 40.3 Å². The molecule has 166 valence electrons. The summed E-state index contributed by atoms with van der Waals surface area (Å²) in [6.45, 7) is 6.03. The monoisotopic (exact) mass is 434 g/mol. The van der Waals surface area contributed by atoms with Crippen LogP contribution in [-0.2, 0) is 0 Å². The maximum absolute atomic E-state index is 13.3. The lowest BCUT2D eigenvalue weighted by Gasteiger charge is -2.25. The number of nitrogens with one attached hydrogen (secondary N) is 3. The Kier molecular flexibility index (Phi) is 5.12. The molecule has 2 aliphatic rings. The highest BCUT2D eigenvalue weighted by atomic mass is 16.2. The first kappa shape index (κ1) is 20.2. The highest BCUT2D eigenvalue weighted by molar-refractivity contribution is 6.07. The largest absolute Gasteiger partial charge is 0.369 e. The Balaban J connectivity index is 1.47. The molecule has 1 aliphatic carbocycles. The molecule has 3 N–H and O–H groups in total. The fourth-order valence-corrected chi connectivity index (χ4v) is 3.94. The molecule has 0 spiro atoms. The number of rotatable bonds is 4. The zero-order chi connectivity index (χ0) is 22.2. The minimum atomic E-state index is -0.342. The standard InChI is InChI=1S/C22H26N8O2/c1-3-29-11-4-12-30(20-17(29)10-9-16(25-20)21(31)24-14-6-7-14)22(32)26-19-15-8-5-13(2)23-18(15)27-28-19/h5,8-10,14H,3-4,6-7,11-12H2,1-2H3,(H,24,31)(H2,23,26,27,28,32). The number of hydrogen-bond acceptors (Lipinski definition) is 6. The molecule has 3 aromatic rings. The summed E-state index contributed by atoms with van der Waals surface area (Å²) < 4.78 is 0. The maximum atomic E-state index is 13.3. The molecular weight excluding hydrogens is 408 g/mol. The van der Waals surface area contributed by atoms with Gasteiger partial charge in [-0.15, -0.1) is 0 Å². The van der Waals surface area contributed by atoms with Crippen LogP contribution in [0.5, 0.6) is 0 Å². The Hall–Kier alpha value is -3.69. The Morgan fingerprint density at radius 1 is 1.16 bits per heavy atom. The van der Waals surface area contributed by atoms with Crippen molar-refractivity contribution in [2.45, 2.75) is 39.2 Å². The van der Waals surface area contributed by atoms with Gasteiger partial charge in [0.05, 0.1) is 11.1 Å². The summed E-state index contributed by atoms with van der Waals surface area (Å²) in [6, 6.07) is 7.27. The van der Waals surface area contributed by atoms with Gasteiger partial charge in [0.25, 0.3) is 5.91 Å². The van der Waals surface area contributed by atoms with Gasteiger partial charge < -0.3 is 10.2 Å². The highest BCUT2D eigenvalue weighted by Gasteiger charge is 2.29. The third kappa shape index (κ3) is 3.83. The topological polar surface area (TPSA) is 119 Å². The number of aromatic amines is 1. The van der Waals surface area contributed by atoms with Crippen molar-refractivity contribution in [3.05, 3.63) is 35.7 Å². The van der Waals surface area contributed by atoms with Gasteiger partial charge in [0.2, 0.25) is 0 Å². The number of pyridine rings is 2. The highest BCUT2D eigenvalue weighted by Crippen LogP contribution is 2.32. The van der Waals surface area contributed by atoms with Crippen molar-refractivity contribution in [2.24, 2.45) is 0 Å². The lowest BCUT2D eigenvalue weighted by molar-refractivity contribution is 0.0946. The number of carbonyl (C=O) groups is 2. The fourth-order valence-electron chi connectivity index (χ4n) is 3.94. The van der Waals surface area contributed by atoms with Crippen LogP contribution in [0.1, 0.15) is 42.4 Å². The van der Waals surface area contributed by atoms with Crippen molar-refractivity contribution in [3.63, 3.8) is 0 Å². The Morgan fingerprint density at radius 2 is 2.00 bits per heavy atom. The van der Waals surface area contributed by atoms with Crippen molar-refractivity contribution in [1.29, 1.82) is 0 Å². The Morgan fingerprint density at radius 3 is 2.78 bits per heavy atom. The molecule has 3 amide bonds. The van der Waals surface area contributed by atoms with E-state index in [1.165, 1.54) is 0 Å². The number of aromatic nitrogens is 4. The van der Waals surface area contributed by atoms with Gasteiger partial charge >= 0.3 is 6.03 Å². The predicted molar refractivity (Wildman–Crippen MR) is 122 cm³/mol. The molecule has 1 saturated carbocycles. The van der Waals surface area contributed by atoms with Crippen LogP contribution >= 0.6 is 0 Å². The number of nitrogens with zero attached hydrogens (tertiary/aromatic N) is 5. The van der Waals surface area contributed by atoms with Crippen LogP contribution in [0.15, 0.2) is 24.3 Å². The predicted octanol–water partition coefficient (Wildman–Crippen LogP) is 2.82. The molecule has 0 aromatic carbocycles. The number of fused-ring (bicyclic) bond motifs is 2. The molecule has 0 radical (unpaired) electrons. The lowest BCUT2D eigenvalue weighted by Crippen LogP contribution is -2.37. The van der Waals surface area contributed by atoms with Gasteiger partial charge in [0.15, 0.2) is 17.3 Å². The summed E-state index contributed by atoms with van der Waals surface area (Å²) in [5.74, 6) is 0.695. The molecule has 32 heavy (non-hydrogen) atoms. The minimum Gasteiger partial charge on any atom is -0.369 e. The van der Waals surface area contributed by atoms with Gasteiger partial charge in [-0.2, -0.15) is 5.10 Å². The quantitative estimate of drug-likeness (QED) is 0.581.